The maximum Gasteiger partial charge on any atom is 0.237 e. The molecule has 0 atom stereocenters. The fraction of sp³-hybridized carbons (Fsp3) is 0.312. The van der Waals surface area contributed by atoms with Gasteiger partial charge in [0, 0.05) is 18.1 Å². The van der Waals surface area contributed by atoms with Crippen LogP contribution in [0.4, 0.5) is 0 Å². The minimum Gasteiger partial charge on any atom is -0.480 e. The number of aryl methyl sites for hydroxylation is 1. The summed E-state index contributed by atoms with van der Waals surface area (Å²) in [6, 6.07) is 10.6. The van der Waals surface area contributed by atoms with Crippen LogP contribution in [0.2, 0.25) is 0 Å². The fourth-order valence-corrected chi connectivity index (χ4v) is 3.13. The molecule has 0 aliphatic rings. The van der Waals surface area contributed by atoms with E-state index in [-0.39, 0.29) is 0 Å². The molecule has 0 aliphatic carbocycles. The SMILES string of the molecule is COc1nc2sccn2c1CNCCCc1ccccc1. The summed E-state index contributed by atoms with van der Waals surface area (Å²) in [6.45, 7) is 1.76. The van der Waals surface area contributed by atoms with Crippen molar-refractivity contribution in [3.05, 3.63) is 53.2 Å². The Morgan fingerprint density at radius 3 is 2.95 bits per heavy atom. The molecule has 0 aliphatic heterocycles. The van der Waals surface area contributed by atoms with Crippen LogP contribution in [0.3, 0.4) is 0 Å². The standard InChI is InChI=1S/C16H19N3OS/c1-20-15-14(19-10-11-21-16(19)18-15)12-17-9-5-8-13-6-3-2-4-7-13/h2-4,6-7,10-11,17H,5,8-9,12H2,1H3. The van der Waals surface area contributed by atoms with E-state index < -0.39 is 0 Å². The maximum absolute atomic E-state index is 5.35. The summed E-state index contributed by atoms with van der Waals surface area (Å²) in [5.41, 5.74) is 2.48. The molecule has 0 bridgehead atoms. The van der Waals surface area contributed by atoms with Crippen LogP contribution in [-0.4, -0.2) is 23.0 Å². The van der Waals surface area contributed by atoms with Crippen LogP contribution >= 0.6 is 11.3 Å². The van der Waals surface area contributed by atoms with Crippen molar-refractivity contribution in [2.75, 3.05) is 13.7 Å². The van der Waals surface area contributed by atoms with Crippen molar-refractivity contribution >= 4 is 16.3 Å². The third kappa shape index (κ3) is 3.25. The van der Waals surface area contributed by atoms with E-state index in [9.17, 15) is 0 Å². The van der Waals surface area contributed by atoms with Crippen LogP contribution in [-0.2, 0) is 13.0 Å². The smallest absolute Gasteiger partial charge is 0.237 e. The molecule has 3 aromatic rings. The number of hydrogen-bond donors (Lipinski definition) is 1. The summed E-state index contributed by atoms with van der Waals surface area (Å²) >= 11 is 1.62. The number of aromatic nitrogens is 2. The minimum absolute atomic E-state index is 0.720. The Morgan fingerprint density at radius 2 is 2.14 bits per heavy atom. The number of fused-ring (bicyclic) bond motifs is 1. The lowest BCUT2D eigenvalue weighted by atomic mass is 10.1. The van der Waals surface area contributed by atoms with Gasteiger partial charge in [0.25, 0.3) is 0 Å². The molecular weight excluding hydrogens is 282 g/mol. The lowest BCUT2D eigenvalue weighted by Crippen LogP contribution is -2.17. The molecular formula is C16H19N3OS. The number of nitrogens with zero attached hydrogens (tertiary/aromatic N) is 2. The summed E-state index contributed by atoms with van der Waals surface area (Å²) in [5.74, 6) is 0.720. The second-order valence-corrected chi connectivity index (χ2v) is 5.76. The lowest BCUT2D eigenvalue weighted by Gasteiger charge is -2.06. The third-order valence-corrected chi connectivity index (χ3v) is 4.23. The van der Waals surface area contributed by atoms with E-state index in [2.05, 4.69) is 45.0 Å². The van der Waals surface area contributed by atoms with Crippen molar-refractivity contribution in [2.45, 2.75) is 19.4 Å². The summed E-state index contributed by atoms with van der Waals surface area (Å²) in [7, 11) is 1.67. The van der Waals surface area contributed by atoms with Gasteiger partial charge in [0.2, 0.25) is 5.88 Å². The normalized spacial score (nSPS) is 11.1. The zero-order valence-corrected chi connectivity index (χ0v) is 12.9. The van der Waals surface area contributed by atoms with Gasteiger partial charge in [-0.05, 0) is 24.9 Å². The predicted octanol–water partition coefficient (Wildman–Crippen LogP) is 3.13. The van der Waals surface area contributed by atoms with Gasteiger partial charge in [-0.1, -0.05) is 30.3 Å². The minimum atomic E-state index is 0.720. The van der Waals surface area contributed by atoms with Crippen molar-refractivity contribution < 1.29 is 4.74 Å². The molecule has 0 amide bonds. The van der Waals surface area contributed by atoms with Crippen molar-refractivity contribution in [1.29, 1.82) is 0 Å². The van der Waals surface area contributed by atoms with Crippen LogP contribution in [0.25, 0.3) is 4.96 Å². The van der Waals surface area contributed by atoms with Crippen LogP contribution in [0.5, 0.6) is 5.88 Å². The number of methoxy groups -OCH3 is 1. The Labute approximate surface area is 128 Å². The fourth-order valence-electron chi connectivity index (χ4n) is 2.41. The summed E-state index contributed by atoms with van der Waals surface area (Å²) < 4.78 is 7.44. The molecule has 1 aromatic carbocycles. The van der Waals surface area contributed by atoms with Crippen molar-refractivity contribution in [1.82, 2.24) is 14.7 Å². The highest BCUT2D eigenvalue weighted by Gasteiger charge is 2.12. The number of rotatable bonds is 7. The molecule has 110 valence electrons. The van der Waals surface area contributed by atoms with Crippen molar-refractivity contribution in [2.24, 2.45) is 0 Å². The number of benzene rings is 1. The quantitative estimate of drug-likeness (QED) is 0.681. The van der Waals surface area contributed by atoms with Crippen LogP contribution in [0.15, 0.2) is 41.9 Å². The average Bonchev–Trinajstić information content (AvgIpc) is 3.09. The second-order valence-electron chi connectivity index (χ2n) is 4.89. The zero-order chi connectivity index (χ0) is 14.5. The van der Waals surface area contributed by atoms with Gasteiger partial charge in [-0.25, -0.2) is 0 Å². The molecule has 2 aromatic heterocycles. The maximum atomic E-state index is 5.35. The van der Waals surface area contributed by atoms with E-state index in [4.69, 9.17) is 4.74 Å². The molecule has 0 unspecified atom stereocenters. The Morgan fingerprint density at radius 1 is 1.29 bits per heavy atom. The monoisotopic (exact) mass is 301 g/mol. The van der Waals surface area contributed by atoms with E-state index >= 15 is 0 Å². The van der Waals surface area contributed by atoms with Gasteiger partial charge in [-0.15, -0.1) is 11.3 Å². The highest BCUT2D eigenvalue weighted by Crippen LogP contribution is 2.22. The van der Waals surface area contributed by atoms with Crippen LogP contribution in [0, 0.1) is 0 Å². The van der Waals surface area contributed by atoms with E-state index in [0.29, 0.717) is 0 Å². The number of hydrogen-bond acceptors (Lipinski definition) is 4. The lowest BCUT2D eigenvalue weighted by molar-refractivity contribution is 0.393. The van der Waals surface area contributed by atoms with Gasteiger partial charge in [-0.2, -0.15) is 4.98 Å². The van der Waals surface area contributed by atoms with E-state index in [1.54, 1.807) is 18.4 Å². The average molecular weight is 301 g/mol. The van der Waals surface area contributed by atoms with E-state index in [1.165, 1.54) is 5.56 Å². The first kappa shape index (κ1) is 14.1. The Kier molecular flexibility index (Phi) is 4.52. The molecule has 0 spiro atoms. The number of ether oxygens (including phenoxy) is 1. The first-order valence-corrected chi connectivity index (χ1v) is 7.99. The number of nitrogens with one attached hydrogen (secondary N) is 1. The molecule has 3 rings (SSSR count). The predicted molar refractivity (Wildman–Crippen MR) is 86.1 cm³/mol. The van der Waals surface area contributed by atoms with Gasteiger partial charge in [0.15, 0.2) is 4.96 Å². The Bertz CT molecular complexity index is 690. The molecule has 4 nitrogen and oxygen atoms in total. The molecule has 21 heavy (non-hydrogen) atoms. The number of imidazole rings is 1. The van der Waals surface area contributed by atoms with Gasteiger partial charge in [0.1, 0.15) is 5.69 Å². The third-order valence-electron chi connectivity index (χ3n) is 3.47. The Hall–Kier alpha value is -1.85. The van der Waals surface area contributed by atoms with Crippen molar-refractivity contribution in [3.63, 3.8) is 0 Å². The molecule has 1 N–H and O–H groups in total. The van der Waals surface area contributed by atoms with Gasteiger partial charge >= 0.3 is 0 Å². The van der Waals surface area contributed by atoms with Crippen LogP contribution < -0.4 is 10.1 Å². The summed E-state index contributed by atoms with van der Waals surface area (Å²) in [4.78, 5) is 5.44. The Balaban J connectivity index is 1.51. The highest BCUT2D eigenvalue weighted by atomic mass is 32.1. The zero-order valence-electron chi connectivity index (χ0n) is 12.1. The topological polar surface area (TPSA) is 38.6 Å². The summed E-state index contributed by atoms with van der Waals surface area (Å²) in [6.07, 6.45) is 4.26. The number of thiazole rings is 1. The van der Waals surface area contributed by atoms with Crippen molar-refractivity contribution in [3.8, 4) is 5.88 Å². The van der Waals surface area contributed by atoms with Gasteiger partial charge in [0.05, 0.1) is 7.11 Å². The molecule has 5 heteroatoms. The van der Waals surface area contributed by atoms with E-state index in [1.807, 2.05) is 11.6 Å². The van der Waals surface area contributed by atoms with Gasteiger partial charge < -0.3 is 10.1 Å². The summed E-state index contributed by atoms with van der Waals surface area (Å²) in [5, 5.41) is 5.52. The first-order chi connectivity index (χ1) is 10.4. The van der Waals surface area contributed by atoms with Gasteiger partial charge in [-0.3, -0.25) is 4.40 Å². The highest BCUT2D eigenvalue weighted by molar-refractivity contribution is 7.15. The van der Waals surface area contributed by atoms with Crippen LogP contribution in [0.1, 0.15) is 17.7 Å². The molecule has 0 saturated heterocycles. The molecule has 0 saturated carbocycles. The second kappa shape index (κ2) is 6.74. The molecule has 2 heterocycles. The van der Waals surface area contributed by atoms with E-state index in [0.717, 1.165) is 42.5 Å². The molecule has 0 radical (unpaired) electrons. The molecule has 0 fully saturated rings. The largest absolute Gasteiger partial charge is 0.480 e. The first-order valence-electron chi connectivity index (χ1n) is 7.11.